The lowest BCUT2D eigenvalue weighted by atomic mass is 10.1. The molecule has 2 aromatic carbocycles. The van der Waals surface area contributed by atoms with Gasteiger partial charge in [0.2, 0.25) is 11.8 Å². The minimum Gasteiger partial charge on any atom is -0.494 e. The van der Waals surface area contributed by atoms with Crippen molar-refractivity contribution in [1.29, 1.82) is 0 Å². The number of fused-ring (bicyclic) bond motifs is 1. The zero-order chi connectivity index (χ0) is 27.2. The first-order chi connectivity index (χ1) is 19.0. The van der Waals surface area contributed by atoms with E-state index in [1.54, 1.807) is 19.4 Å². The van der Waals surface area contributed by atoms with Gasteiger partial charge < -0.3 is 30.0 Å². The minimum absolute atomic E-state index is 0.273. The number of hydrogen-bond acceptors (Lipinski definition) is 10. The normalized spacial score (nSPS) is 11.0. The Kier molecular flexibility index (Phi) is 7.60. The first-order valence-electron chi connectivity index (χ1n) is 12.3. The summed E-state index contributed by atoms with van der Waals surface area (Å²) in [5.41, 5.74) is 2.91. The molecule has 0 aliphatic carbocycles. The Morgan fingerprint density at radius 3 is 2.59 bits per heavy atom. The molecule has 0 spiro atoms. The molecule has 0 aliphatic heterocycles. The van der Waals surface area contributed by atoms with E-state index in [2.05, 4.69) is 35.9 Å². The summed E-state index contributed by atoms with van der Waals surface area (Å²) < 4.78 is 11.8. The van der Waals surface area contributed by atoms with Gasteiger partial charge in [-0.2, -0.15) is 4.98 Å². The van der Waals surface area contributed by atoms with Crippen molar-refractivity contribution in [3.8, 4) is 17.2 Å². The predicted molar refractivity (Wildman–Crippen MR) is 150 cm³/mol. The molecule has 0 saturated heterocycles. The van der Waals surface area contributed by atoms with Crippen molar-refractivity contribution < 1.29 is 13.9 Å². The van der Waals surface area contributed by atoms with Crippen LogP contribution >= 0.6 is 0 Å². The molecule has 3 heterocycles. The van der Waals surface area contributed by atoms with Crippen LogP contribution in [0.2, 0.25) is 0 Å². The van der Waals surface area contributed by atoms with Gasteiger partial charge in [-0.05, 0) is 50.5 Å². The van der Waals surface area contributed by atoms with Crippen molar-refractivity contribution in [2.75, 3.05) is 44.9 Å². The topological polar surface area (TPSA) is 130 Å². The highest BCUT2D eigenvalue weighted by Gasteiger charge is 2.20. The van der Waals surface area contributed by atoms with Crippen molar-refractivity contribution in [2.24, 2.45) is 0 Å². The number of anilines is 4. The molecule has 3 aromatic heterocycles. The van der Waals surface area contributed by atoms with Gasteiger partial charge in [0, 0.05) is 25.5 Å². The van der Waals surface area contributed by atoms with E-state index in [9.17, 15) is 4.79 Å². The molecule has 11 nitrogen and oxygen atoms in total. The van der Waals surface area contributed by atoms with Crippen molar-refractivity contribution in [2.45, 2.75) is 0 Å². The molecule has 0 radical (unpaired) electrons. The molecular weight excluding hydrogens is 496 g/mol. The van der Waals surface area contributed by atoms with Crippen molar-refractivity contribution in [3.63, 3.8) is 0 Å². The Bertz CT molecular complexity index is 1550. The van der Waals surface area contributed by atoms with E-state index >= 15 is 0 Å². The fraction of sp³-hybridized carbons (Fsp3) is 0.179. The van der Waals surface area contributed by atoms with E-state index in [-0.39, 0.29) is 17.4 Å². The van der Waals surface area contributed by atoms with Crippen molar-refractivity contribution >= 4 is 40.3 Å². The lowest BCUT2D eigenvalue weighted by Crippen LogP contribution is -2.32. The Labute approximate surface area is 225 Å². The van der Waals surface area contributed by atoms with E-state index in [4.69, 9.17) is 9.15 Å². The number of carbonyl (C=O) groups excluding carboxylic acids is 1. The number of ether oxygens (including phenoxy) is 1. The fourth-order valence-electron chi connectivity index (χ4n) is 3.88. The van der Waals surface area contributed by atoms with Gasteiger partial charge in [-0.25, -0.2) is 15.0 Å². The van der Waals surface area contributed by atoms with Crippen molar-refractivity contribution in [1.82, 2.24) is 30.2 Å². The summed E-state index contributed by atoms with van der Waals surface area (Å²) in [6, 6.07) is 18.5. The van der Waals surface area contributed by atoms with E-state index in [0.29, 0.717) is 53.2 Å². The summed E-state index contributed by atoms with van der Waals surface area (Å²) in [5, 5.41) is 9.25. The van der Waals surface area contributed by atoms with Crippen LogP contribution in [0.1, 0.15) is 10.4 Å². The van der Waals surface area contributed by atoms with E-state index in [1.165, 1.54) is 6.20 Å². The van der Waals surface area contributed by atoms with Crippen LogP contribution in [-0.4, -0.2) is 65.0 Å². The highest BCUT2D eigenvalue weighted by molar-refractivity contribution is 5.99. The van der Waals surface area contributed by atoms with E-state index in [0.717, 1.165) is 5.52 Å². The lowest BCUT2D eigenvalue weighted by Gasteiger charge is -2.16. The van der Waals surface area contributed by atoms with Gasteiger partial charge in [0.25, 0.3) is 5.91 Å². The predicted octanol–water partition coefficient (Wildman–Crippen LogP) is 4.47. The summed E-state index contributed by atoms with van der Waals surface area (Å²) in [6.45, 7) is 1.16. The van der Waals surface area contributed by atoms with Gasteiger partial charge in [-0.15, -0.1) is 0 Å². The van der Waals surface area contributed by atoms with Crippen LogP contribution in [-0.2, 0) is 0 Å². The smallest absolute Gasteiger partial charge is 0.256 e. The molecule has 3 N–H and O–H groups in total. The van der Waals surface area contributed by atoms with Crippen LogP contribution in [0.5, 0.6) is 5.75 Å². The van der Waals surface area contributed by atoms with Gasteiger partial charge in [0.15, 0.2) is 11.3 Å². The van der Waals surface area contributed by atoms with Crippen LogP contribution in [0.4, 0.5) is 23.3 Å². The summed E-state index contributed by atoms with van der Waals surface area (Å²) in [5.74, 6) is 1.73. The number of oxazole rings is 1. The largest absolute Gasteiger partial charge is 0.494 e. The third-order valence-electron chi connectivity index (χ3n) is 5.78. The van der Waals surface area contributed by atoms with Crippen molar-refractivity contribution in [3.05, 3.63) is 78.6 Å². The summed E-state index contributed by atoms with van der Waals surface area (Å²) in [7, 11) is 5.45. The number of para-hydroxylation sites is 3. The van der Waals surface area contributed by atoms with Gasteiger partial charge in [0.1, 0.15) is 22.7 Å². The molecule has 11 heteroatoms. The Hall–Kier alpha value is -5.03. The molecule has 39 heavy (non-hydrogen) atoms. The second kappa shape index (κ2) is 11.6. The number of pyridine rings is 1. The minimum atomic E-state index is -0.308. The zero-order valence-corrected chi connectivity index (χ0v) is 21.8. The molecule has 0 aliphatic rings. The number of nitrogens with zero attached hydrogens (tertiary/aromatic N) is 5. The number of benzene rings is 2. The van der Waals surface area contributed by atoms with Crippen LogP contribution < -0.4 is 20.7 Å². The highest BCUT2D eigenvalue weighted by Crippen LogP contribution is 2.38. The molecule has 0 unspecified atom stereocenters. The maximum atomic E-state index is 13.1. The third-order valence-corrected chi connectivity index (χ3v) is 5.78. The molecule has 5 rings (SSSR count). The Balaban J connectivity index is 1.51. The fourth-order valence-corrected chi connectivity index (χ4v) is 3.88. The second-order valence-corrected chi connectivity index (χ2v) is 8.85. The summed E-state index contributed by atoms with van der Waals surface area (Å²) in [6.07, 6.45) is 3.14. The third kappa shape index (κ3) is 5.94. The molecule has 5 aromatic rings. The average molecular weight is 525 g/mol. The molecule has 1 amide bonds. The quantitative estimate of drug-likeness (QED) is 0.241. The Morgan fingerprint density at radius 1 is 0.974 bits per heavy atom. The molecule has 0 bridgehead atoms. The maximum absolute atomic E-state index is 13.1. The first kappa shape index (κ1) is 25.6. The number of carbonyl (C=O) groups is 1. The van der Waals surface area contributed by atoms with Gasteiger partial charge >= 0.3 is 0 Å². The molecule has 0 fully saturated rings. The number of amides is 1. The van der Waals surface area contributed by atoms with E-state index < -0.39 is 0 Å². The number of methoxy groups -OCH3 is 1. The van der Waals surface area contributed by atoms with Crippen LogP contribution in [0.3, 0.4) is 0 Å². The molecule has 0 atom stereocenters. The van der Waals surface area contributed by atoms with Gasteiger partial charge in [-0.3, -0.25) is 4.79 Å². The van der Waals surface area contributed by atoms with Gasteiger partial charge in [0.05, 0.1) is 18.4 Å². The number of aromatic nitrogens is 4. The summed E-state index contributed by atoms with van der Waals surface area (Å²) in [4.78, 5) is 32.9. The van der Waals surface area contributed by atoms with E-state index in [1.807, 2.05) is 73.6 Å². The highest BCUT2D eigenvalue weighted by atomic mass is 16.5. The zero-order valence-electron chi connectivity index (χ0n) is 21.8. The number of nitrogens with one attached hydrogen (secondary N) is 3. The standard InChI is InChI=1S/C28H28N8O3/c1-36(2)16-15-30-26(37)19-17-31-28(34-23-13-6-7-14-29-23)35-25(19)32-21-11-8-9-18(24(21)38-3)27-33-20-10-4-5-12-22(20)39-27/h4-14,17H,15-16H2,1-3H3,(H,30,37)(H2,29,31,32,34,35). The van der Waals surface area contributed by atoms with Crippen LogP contribution in [0.25, 0.3) is 22.6 Å². The van der Waals surface area contributed by atoms with Crippen LogP contribution in [0, 0.1) is 0 Å². The number of hydrogen-bond donors (Lipinski definition) is 3. The maximum Gasteiger partial charge on any atom is 0.256 e. The first-order valence-corrected chi connectivity index (χ1v) is 12.3. The van der Waals surface area contributed by atoms with Gasteiger partial charge in [-0.1, -0.05) is 24.3 Å². The molecule has 198 valence electrons. The second-order valence-electron chi connectivity index (χ2n) is 8.85. The molecule has 0 saturated carbocycles. The lowest BCUT2D eigenvalue weighted by molar-refractivity contribution is 0.0951. The summed E-state index contributed by atoms with van der Waals surface area (Å²) >= 11 is 0. The average Bonchev–Trinajstić information content (AvgIpc) is 3.38. The molecular formula is C28H28N8O3. The Morgan fingerprint density at radius 2 is 1.82 bits per heavy atom. The monoisotopic (exact) mass is 524 g/mol. The number of rotatable bonds is 10. The van der Waals surface area contributed by atoms with Crippen LogP contribution in [0.15, 0.2) is 77.5 Å². The number of likely N-dealkylation sites (N-methyl/N-ethyl adjacent to an activating group) is 1. The SMILES string of the molecule is COc1c(Nc2nc(Nc3ccccn3)ncc2C(=O)NCCN(C)C)cccc1-c1nc2ccccc2o1.